The van der Waals surface area contributed by atoms with E-state index in [1.807, 2.05) is 13.8 Å². The average Bonchev–Trinajstić information content (AvgIpc) is 2.03. The number of benzene rings is 1. The summed E-state index contributed by atoms with van der Waals surface area (Å²) in [4.78, 5) is 10.5. The lowest BCUT2D eigenvalue weighted by Gasteiger charge is -2.06. The van der Waals surface area contributed by atoms with Gasteiger partial charge in [0.25, 0.3) is 0 Å². The van der Waals surface area contributed by atoms with Crippen molar-refractivity contribution in [3.05, 3.63) is 35.1 Å². The predicted molar refractivity (Wildman–Crippen MR) is 47.4 cm³/mol. The van der Waals surface area contributed by atoms with Crippen LogP contribution in [0.2, 0.25) is 0 Å². The number of carboxylic acid groups (broad SMARTS) is 1. The number of rotatable bonds is 2. The van der Waals surface area contributed by atoms with Crippen molar-refractivity contribution >= 4 is 5.97 Å². The van der Waals surface area contributed by atoms with Gasteiger partial charge >= 0.3 is 5.97 Å². The molecule has 70 valence electrons. The molecule has 0 aromatic heterocycles. The molecule has 0 spiro atoms. The summed E-state index contributed by atoms with van der Waals surface area (Å²) in [5.74, 6) is -1.48. The van der Waals surface area contributed by atoms with Crippen molar-refractivity contribution in [3.63, 3.8) is 0 Å². The molecule has 2 nitrogen and oxygen atoms in total. The van der Waals surface area contributed by atoms with Crippen LogP contribution in [0.15, 0.2) is 18.2 Å². The molecule has 13 heavy (non-hydrogen) atoms. The summed E-state index contributed by atoms with van der Waals surface area (Å²) in [5.41, 5.74) is 0.534. The Hall–Kier alpha value is -1.38. The topological polar surface area (TPSA) is 37.3 Å². The summed E-state index contributed by atoms with van der Waals surface area (Å²) in [7, 11) is 0. The fourth-order valence-corrected chi connectivity index (χ4v) is 1.13. The van der Waals surface area contributed by atoms with Crippen LogP contribution in [0.25, 0.3) is 0 Å². The number of halogens is 1. The van der Waals surface area contributed by atoms with Gasteiger partial charge in [0.2, 0.25) is 0 Å². The van der Waals surface area contributed by atoms with E-state index < -0.39 is 11.8 Å². The standard InChI is InChI=1S/C10H11FO2/c1-6(2)8-4-3-7(10(12)13)5-9(8)11/h3-6H,1-2H3,(H,12,13). The number of hydrogen-bond acceptors (Lipinski definition) is 1. The smallest absolute Gasteiger partial charge is 0.335 e. The highest BCUT2D eigenvalue weighted by molar-refractivity contribution is 5.87. The Morgan fingerprint density at radius 1 is 1.46 bits per heavy atom. The van der Waals surface area contributed by atoms with E-state index in [1.54, 1.807) is 0 Å². The number of hydrogen-bond donors (Lipinski definition) is 1. The maximum absolute atomic E-state index is 13.2. The Bertz CT molecular complexity index is 332. The molecule has 3 heteroatoms. The highest BCUT2D eigenvalue weighted by atomic mass is 19.1. The molecule has 0 aliphatic heterocycles. The first-order valence-corrected chi connectivity index (χ1v) is 4.05. The van der Waals surface area contributed by atoms with Crippen molar-refractivity contribution in [2.24, 2.45) is 0 Å². The Morgan fingerprint density at radius 3 is 2.46 bits per heavy atom. The first kappa shape index (κ1) is 9.71. The molecule has 1 rings (SSSR count). The first-order valence-electron chi connectivity index (χ1n) is 4.05. The second-order valence-electron chi connectivity index (χ2n) is 3.20. The molecule has 0 radical (unpaired) electrons. The summed E-state index contributed by atoms with van der Waals surface area (Å²) in [5, 5.41) is 8.57. The van der Waals surface area contributed by atoms with Gasteiger partial charge in [-0.05, 0) is 23.6 Å². The molecule has 1 aromatic carbocycles. The second-order valence-corrected chi connectivity index (χ2v) is 3.20. The van der Waals surface area contributed by atoms with Crippen LogP contribution >= 0.6 is 0 Å². The van der Waals surface area contributed by atoms with Gasteiger partial charge in [0, 0.05) is 0 Å². The molecule has 1 N–H and O–H groups in total. The van der Waals surface area contributed by atoms with E-state index in [0.29, 0.717) is 5.56 Å². The highest BCUT2D eigenvalue weighted by Crippen LogP contribution is 2.19. The summed E-state index contributed by atoms with van der Waals surface area (Å²) in [6, 6.07) is 3.99. The molecule has 0 amide bonds. The Labute approximate surface area is 76.0 Å². The van der Waals surface area contributed by atoms with E-state index in [4.69, 9.17) is 5.11 Å². The molecule has 0 saturated heterocycles. The lowest BCUT2D eigenvalue weighted by Crippen LogP contribution is -2.00. The summed E-state index contributed by atoms with van der Waals surface area (Å²) < 4.78 is 13.2. The first-order chi connectivity index (χ1) is 6.02. The van der Waals surface area contributed by atoms with Crippen molar-refractivity contribution in [2.75, 3.05) is 0 Å². The van der Waals surface area contributed by atoms with E-state index in [1.165, 1.54) is 12.1 Å². The van der Waals surface area contributed by atoms with Crippen LogP contribution in [0.3, 0.4) is 0 Å². The molecule has 0 bridgehead atoms. The molecule has 0 aliphatic rings. The molecule has 0 atom stereocenters. The quantitative estimate of drug-likeness (QED) is 0.763. The van der Waals surface area contributed by atoms with Crippen molar-refractivity contribution in [1.29, 1.82) is 0 Å². The molecule has 0 aliphatic carbocycles. The zero-order valence-electron chi connectivity index (χ0n) is 7.54. The molecule has 0 unspecified atom stereocenters. The lowest BCUT2D eigenvalue weighted by atomic mass is 10.0. The van der Waals surface area contributed by atoms with Gasteiger partial charge < -0.3 is 5.11 Å². The second kappa shape index (κ2) is 3.56. The normalized spacial score (nSPS) is 10.5. The number of aromatic carboxylic acids is 1. The highest BCUT2D eigenvalue weighted by Gasteiger charge is 2.09. The number of carboxylic acids is 1. The molecular formula is C10H11FO2. The number of carbonyl (C=O) groups is 1. The molecule has 1 aromatic rings. The van der Waals surface area contributed by atoms with Gasteiger partial charge in [-0.25, -0.2) is 9.18 Å². The fourth-order valence-electron chi connectivity index (χ4n) is 1.13. The van der Waals surface area contributed by atoms with Crippen LogP contribution < -0.4 is 0 Å². The molecular weight excluding hydrogens is 171 g/mol. The van der Waals surface area contributed by atoms with Crippen molar-refractivity contribution < 1.29 is 14.3 Å². The van der Waals surface area contributed by atoms with E-state index in [2.05, 4.69) is 0 Å². The Balaban J connectivity index is 3.13. The van der Waals surface area contributed by atoms with Gasteiger partial charge in [-0.3, -0.25) is 0 Å². The summed E-state index contributed by atoms with van der Waals surface area (Å²) >= 11 is 0. The third-order valence-electron chi connectivity index (χ3n) is 1.87. The van der Waals surface area contributed by atoms with Gasteiger partial charge in [-0.1, -0.05) is 19.9 Å². The predicted octanol–water partition coefficient (Wildman–Crippen LogP) is 2.65. The third-order valence-corrected chi connectivity index (χ3v) is 1.87. The van der Waals surface area contributed by atoms with Crippen LogP contribution in [0.4, 0.5) is 4.39 Å². The Morgan fingerprint density at radius 2 is 2.08 bits per heavy atom. The Kier molecular flexibility index (Phi) is 2.66. The summed E-state index contributed by atoms with van der Waals surface area (Å²) in [6.07, 6.45) is 0. The maximum Gasteiger partial charge on any atom is 0.335 e. The van der Waals surface area contributed by atoms with Crippen molar-refractivity contribution in [3.8, 4) is 0 Å². The lowest BCUT2D eigenvalue weighted by molar-refractivity contribution is 0.0696. The molecule has 0 saturated carbocycles. The minimum atomic E-state index is -1.10. The van der Waals surface area contributed by atoms with Crippen LogP contribution in [0.5, 0.6) is 0 Å². The molecule has 0 heterocycles. The monoisotopic (exact) mass is 182 g/mol. The van der Waals surface area contributed by atoms with E-state index in [9.17, 15) is 9.18 Å². The van der Waals surface area contributed by atoms with E-state index in [0.717, 1.165) is 6.07 Å². The van der Waals surface area contributed by atoms with Gasteiger partial charge in [-0.15, -0.1) is 0 Å². The molecule has 0 fully saturated rings. The van der Waals surface area contributed by atoms with Gasteiger partial charge in [0.1, 0.15) is 5.82 Å². The minimum absolute atomic E-state index is 0.0121. The maximum atomic E-state index is 13.2. The minimum Gasteiger partial charge on any atom is -0.478 e. The fraction of sp³-hybridized carbons (Fsp3) is 0.300. The average molecular weight is 182 g/mol. The SMILES string of the molecule is CC(C)c1ccc(C(=O)O)cc1F. The van der Waals surface area contributed by atoms with Crippen LogP contribution in [-0.2, 0) is 0 Å². The zero-order valence-corrected chi connectivity index (χ0v) is 7.54. The van der Waals surface area contributed by atoms with Crippen LogP contribution in [0.1, 0.15) is 35.7 Å². The van der Waals surface area contributed by atoms with Crippen molar-refractivity contribution in [2.45, 2.75) is 19.8 Å². The van der Waals surface area contributed by atoms with E-state index >= 15 is 0 Å². The summed E-state index contributed by atoms with van der Waals surface area (Å²) in [6.45, 7) is 3.72. The largest absolute Gasteiger partial charge is 0.478 e. The van der Waals surface area contributed by atoms with Gasteiger partial charge in [0.05, 0.1) is 5.56 Å². The van der Waals surface area contributed by atoms with Crippen LogP contribution in [-0.4, -0.2) is 11.1 Å². The van der Waals surface area contributed by atoms with Gasteiger partial charge in [0.15, 0.2) is 0 Å². The van der Waals surface area contributed by atoms with Gasteiger partial charge in [-0.2, -0.15) is 0 Å². The van der Waals surface area contributed by atoms with Crippen LogP contribution in [0, 0.1) is 5.82 Å². The third kappa shape index (κ3) is 2.05. The van der Waals surface area contributed by atoms with Crippen molar-refractivity contribution in [1.82, 2.24) is 0 Å². The zero-order chi connectivity index (χ0) is 10.0. The van der Waals surface area contributed by atoms with E-state index in [-0.39, 0.29) is 11.5 Å².